The number of aromatic nitrogens is 2. The third kappa shape index (κ3) is 2.73. The predicted molar refractivity (Wildman–Crippen MR) is 68.1 cm³/mol. The molecular formula is C13H20N2O4. The molecule has 0 amide bonds. The summed E-state index contributed by atoms with van der Waals surface area (Å²) in [6.45, 7) is 4.57. The standard InChI is InChI=1S/C13H20N2O4/c1-3-9-12(16)11(13(17)18-4-2)14-15(9)10-7-5-6-8-19-10/h10,16H,3-8H2,1-2H3. The first-order valence-corrected chi connectivity index (χ1v) is 6.78. The van der Waals surface area contributed by atoms with Crippen LogP contribution in [0.1, 0.15) is 55.5 Å². The van der Waals surface area contributed by atoms with Gasteiger partial charge in [0.05, 0.1) is 12.3 Å². The van der Waals surface area contributed by atoms with Crippen LogP contribution in [0.15, 0.2) is 0 Å². The molecule has 0 spiro atoms. The van der Waals surface area contributed by atoms with Gasteiger partial charge in [0.15, 0.2) is 12.0 Å². The van der Waals surface area contributed by atoms with E-state index in [9.17, 15) is 9.90 Å². The summed E-state index contributed by atoms with van der Waals surface area (Å²) in [6, 6.07) is 0. The summed E-state index contributed by atoms with van der Waals surface area (Å²) in [5, 5.41) is 14.3. The second-order valence-corrected chi connectivity index (χ2v) is 4.48. The highest BCUT2D eigenvalue weighted by Gasteiger charge is 2.27. The zero-order valence-electron chi connectivity index (χ0n) is 11.4. The lowest BCUT2D eigenvalue weighted by atomic mass is 10.2. The number of nitrogens with zero attached hydrogens (tertiary/aromatic N) is 2. The molecule has 1 aromatic rings. The number of esters is 1. The summed E-state index contributed by atoms with van der Waals surface area (Å²) in [7, 11) is 0. The van der Waals surface area contributed by atoms with E-state index >= 15 is 0 Å². The van der Waals surface area contributed by atoms with Gasteiger partial charge in [-0.3, -0.25) is 0 Å². The number of hydrogen-bond donors (Lipinski definition) is 1. The van der Waals surface area contributed by atoms with E-state index in [-0.39, 0.29) is 24.3 Å². The van der Waals surface area contributed by atoms with Crippen LogP contribution in [-0.2, 0) is 15.9 Å². The van der Waals surface area contributed by atoms with Gasteiger partial charge in [-0.05, 0) is 32.6 Å². The average Bonchev–Trinajstić information content (AvgIpc) is 2.77. The van der Waals surface area contributed by atoms with Crippen molar-refractivity contribution in [3.63, 3.8) is 0 Å². The Morgan fingerprint density at radius 1 is 1.53 bits per heavy atom. The van der Waals surface area contributed by atoms with Gasteiger partial charge in [0.25, 0.3) is 0 Å². The van der Waals surface area contributed by atoms with Crippen molar-refractivity contribution in [3.8, 4) is 5.75 Å². The average molecular weight is 268 g/mol. The highest BCUT2D eigenvalue weighted by Crippen LogP contribution is 2.30. The number of carbonyl (C=O) groups is 1. The van der Waals surface area contributed by atoms with Gasteiger partial charge in [-0.15, -0.1) is 0 Å². The van der Waals surface area contributed by atoms with Crippen molar-refractivity contribution in [1.82, 2.24) is 9.78 Å². The zero-order chi connectivity index (χ0) is 13.8. The van der Waals surface area contributed by atoms with Gasteiger partial charge < -0.3 is 14.6 Å². The van der Waals surface area contributed by atoms with E-state index in [1.165, 1.54) is 0 Å². The molecule has 1 saturated heterocycles. The van der Waals surface area contributed by atoms with Crippen LogP contribution in [0, 0.1) is 0 Å². The molecule has 0 radical (unpaired) electrons. The SMILES string of the molecule is CCOC(=O)c1nn(C2CCCCO2)c(CC)c1O. The van der Waals surface area contributed by atoms with Crippen molar-refractivity contribution in [2.75, 3.05) is 13.2 Å². The first-order valence-electron chi connectivity index (χ1n) is 6.78. The van der Waals surface area contributed by atoms with E-state index in [2.05, 4.69) is 5.10 Å². The molecule has 1 N–H and O–H groups in total. The fraction of sp³-hybridized carbons (Fsp3) is 0.692. The maximum absolute atomic E-state index is 11.7. The first-order chi connectivity index (χ1) is 9.19. The number of aromatic hydroxyl groups is 1. The number of ether oxygens (including phenoxy) is 2. The molecule has 6 nitrogen and oxygen atoms in total. The number of rotatable bonds is 4. The van der Waals surface area contributed by atoms with E-state index in [0.717, 1.165) is 19.3 Å². The Bertz CT molecular complexity index is 450. The molecule has 1 atom stereocenters. The Morgan fingerprint density at radius 2 is 2.32 bits per heavy atom. The normalized spacial score (nSPS) is 19.4. The molecule has 0 aromatic carbocycles. The maximum atomic E-state index is 11.7. The van der Waals surface area contributed by atoms with Crippen molar-refractivity contribution in [2.45, 2.75) is 45.8 Å². The minimum absolute atomic E-state index is 0.0205. The summed E-state index contributed by atoms with van der Waals surface area (Å²) >= 11 is 0. The molecule has 2 rings (SSSR count). The molecule has 19 heavy (non-hydrogen) atoms. The van der Waals surface area contributed by atoms with Gasteiger partial charge >= 0.3 is 5.97 Å². The summed E-state index contributed by atoms with van der Waals surface area (Å²) < 4.78 is 12.2. The minimum Gasteiger partial charge on any atom is -0.504 e. The second kappa shape index (κ2) is 6.06. The van der Waals surface area contributed by atoms with Crippen molar-refractivity contribution in [2.24, 2.45) is 0 Å². The monoisotopic (exact) mass is 268 g/mol. The van der Waals surface area contributed by atoms with Gasteiger partial charge in [-0.2, -0.15) is 5.10 Å². The van der Waals surface area contributed by atoms with Gasteiger partial charge in [0.2, 0.25) is 5.69 Å². The number of hydrogen-bond acceptors (Lipinski definition) is 5. The topological polar surface area (TPSA) is 73.6 Å². The van der Waals surface area contributed by atoms with E-state index in [0.29, 0.717) is 18.7 Å². The molecule has 1 aromatic heterocycles. The fourth-order valence-corrected chi connectivity index (χ4v) is 2.28. The Labute approximate surface area is 112 Å². The lowest BCUT2D eigenvalue weighted by molar-refractivity contribution is -0.0413. The molecule has 1 unspecified atom stereocenters. The van der Waals surface area contributed by atoms with Crippen LogP contribution < -0.4 is 0 Å². The summed E-state index contributed by atoms with van der Waals surface area (Å²) in [5.41, 5.74) is 0.600. The van der Waals surface area contributed by atoms with Crippen LogP contribution in [-0.4, -0.2) is 34.1 Å². The Morgan fingerprint density at radius 3 is 2.89 bits per heavy atom. The lowest BCUT2D eigenvalue weighted by Crippen LogP contribution is -2.21. The van der Waals surface area contributed by atoms with Gasteiger partial charge in [-0.1, -0.05) is 6.92 Å². The minimum atomic E-state index is -0.593. The Kier molecular flexibility index (Phi) is 4.42. The molecule has 106 valence electrons. The van der Waals surface area contributed by atoms with E-state index in [1.54, 1.807) is 11.6 Å². The van der Waals surface area contributed by atoms with Crippen LogP contribution in [0.2, 0.25) is 0 Å². The lowest BCUT2D eigenvalue weighted by Gasteiger charge is -2.24. The summed E-state index contributed by atoms with van der Waals surface area (Å²) in [6.07, 6.45) is 3.32. The predicted octanol–water partition coefficient (Wildman–Crippen LogP) is 2.03. The molecule has 0 aliphatic carbocycles. The highest BCUT2D eigenvalue weighted by molar-refractivity contribution is 5.90. The number of carbonyl (C=O) groups excluding carboxylic acids is 1. The fourth-order valence-electron chi connectivity index (χ4n) is 2.28. The quantitative estimate of drug-likeness (QED) is 0.846. The van der Waals surface area contributed by atoms with Gasteiger partial charge in [0, 0.05) is 6.61 Å². The van der Waals surface area contributed by atoms with Crippen molar-refractivity contribution in [1.29, 1.82) is 0 Å². The van der Waals surface area contributed by atoms with Crippen LogP contribution >= 0.6 is 0 Å². The Balaban J connectivity index is 2.32. The summed E-state index contributed by atoms with van der Waals surface area (Å²) in [4.78, 5) is 11.7. The molecule has 2 heterocycles. The molecule has 1 aliphatic rings. The molecular weight excluding hydrogens is 248 g/mol. The Hall–Kier alpha value is -1.56. The van der Waals surface area contributed by atoms with Crippen LogP contribution in [0.5, 0.6) is 5.75 Å². The molecule has 1 aliphatic heterocycles. The van der Waals surface area contributed by atoms with Gasteiger partial charge in [0.1, 0.15) is 0 Å². The van der Waals surface area contributed by atoms with E-state index in [4.69, 9.17) is 9.47 Å². The maximum Gasteiger partial charge on any atom is 0.362 e. The summed E-state index contributed by atoms with van der Waals surface area (Å²) in [5.74, 6) is -0.681. The van der Waals surface area contributed by atoms with Crippen molar-refractivity contribution < 1.29 is 19.4 Å². The second-order valence-electron chi connectivity index (χ2n) is 4.48. The third-order valence-electron chi connectivity index (χ3n) is 3.21. The third-order valence-corrected chi connectivity index (χ3v) is 3.21. The van der Waals surface area contributed by atoms with Crippen LogP contribution in [0.4, 0.5) is 0 Å². The van der Waals surface area contributed by atoms with Gasteiger partial charge in [-0.25, -0.2) is 9.48 Å². The van der Waals surface area contributed by atoms with Crippen LogP contribution in [0.25, 0.3) is 0 Å². The first kappa shape index (κ1) is 13.9. The smallest absolute Gasteiger partial charge is 0.362 e. The van der Waals surface area contributed by atoms with E-state index in [1.807, 2.05) is 6.92 Å². The van der Waals surface area contributed by atoms with Crippen molar-refractivity contribution >= 4 is 5.97 Å². The van der Waals surface area contributed by atoms with Crippen LogP contribution in [0.3, 0.4) is 0 Å². The molecule has 0 bridgehead atoms. The molecule has 0 saturated carbocycles. The molecule has 1 fully saturated rings. The largest absolute Gasteiger partial charge is 0.504 e. The van der Waals surface area contributed by atoms with E-state index < -0.39 is 5.97 Å². The zero-order valence-corrected chi connectivity index (χ0v) is 11.4. The molecule has 6 heteroatoms. The highest BCUT2D eigenvalue weighted by atomic mass is 16.5. The van der Waals surface area contributed by atoms with Crippen molar-refractivity contribution in [3.05, 3.63) is 11.4 Å².